The maximum atomic E-state index is 10.5. The van der Waals surface area contributed by atoms with Crippen LogP contribution >= 0.6 is 0 Å². The Balaban J connectivity index is 2.70. The van der Waals surface area contributed by atoms with E-state index < -0.39 is 5.78 Å². The van der Waals surface area contributed by atoms with Gasteiger partial charge in [-0.25, -0.2) is 0 Å². The predicted octanol–water partition coefficient (Wildman–Crippen LogP) is 1.47. The molecule has 0 saturated heterocycles. The lowest BCUT2D eigenvalue weighted by atomic mass is 10.2. The number of aldehydes is 1. The van der Waals surface area contributed by atoms with Crippen molar-refractivity contribution in [3.8, 4) is 0 Å². The van der Waals surface area contributed by atoms with Crippen molar-refractivity contribution < 1.29 is 9.59 Å². The van der Waals surface area contributed by atoms with E-state index in [1.54, 1.807) is 6.08 Å². The lowest BCUT2D eigenvalue weighted by Gasteiger charge is -1.88. The quantitative estimate of drug-likeness (QED) is 0.381. The van der Waals surface area contributed by atoms with Gasteiger partial charge in [0.05, 0.1) is 0 Å². The summed E-state index contributed by atoms with van der Waals surface area (Å²) in [6.45, 7) is 0. The molecule has 0 aliphatic heterocycles. The second-order valence-corrected chi connectivity index (χ2v) is 2.26. The summed E-state index contributed by atoms with van der Waals surface area (Å²) in [6, 6.07) is 9.33. The molecular weight excluding hydrogens is 152 g/mol. The lowest BCUT2D eigenvalue weighted by Crippen LogP contribution is -1.90. The number of allylic oxidation sites excluding steroid dienone is 1. The smallest absolute Gasteiger partial charge is 0.218 e. The van der Waals surface area contributed by atoms with Gasteiger partial charge < -0.3 is 0 Å². The molecule has 12 heavy (non-hydrogen) atoms. The van der Waals surface area contributed by atoms with E-state index in [1.165, 1.54) is 6.08 Å². The van der Waals surface area contributed by atoms with Crippen LogP contribution in [0.4, 0.5) is 0 Å². The molecule has 0 aliphatic carbocycles. The Morgan fingerprint density at radius 1 is 1.17 bits per heavy atom. The van der Waals surface area contributed by atoms with Gasteiger partial charge >= 0.3 is 0 Å². The lowest BCUT2D eigenvalue weighted by molar-refractivity contribution is -0.126. The minimum Gasteiger partial charge on any atom is -0.294 e. The van der Waals surface area contributed by atoms with Crippen molar-refractivity contribution in [2.45, 2.75) is 0 Å². The van der Waals surface area contributed by atoms with Gasteiger partial charge in [-0.1, -0.05) is 36.4 Å². The van der Waals surface area contributed by atoms with Gasteiger partial charge in [-0.05, 0) is 11.6 Å². The Morgan fingerprint density at radius 2 is 1.83 bits per heavy atom. The molecule has 0 amide bonds. The van der Waals surface area contributed by atoms with Crippen molar-refractivity contribution in [1.29, 1.82) is 0 Å². The fraction of sp³-hybridized carbons (Fsp3) is 0. The summed E-state index contributed by atoms with van der Waals surface area (Å²) in [5.41, 5.74) is 0.910. The number of carbonyl (C=O) groups is 2. The molecule has 1 aromatic rings. The number of ketones is 1. The van der Waals surface area contributed by atoms with Gasteiger partial charge in [-0.15, -0.1) is 0 Å². The molecule has 0 spiro atoms. The van der Waals surface area contributed by atoms with Crippen LogP contribution in [-0.4, -0.2) is 12.1 Å². The highest BCUT2D eigenvalue weighted by atomic mass is 16.2. The average molecular weight is 160 g/mol. The molecule has 0 aromatic heterocycles. The first kappa shape index (κ1) is 8.40. The number of hydrogen-bond donors (Lipinski definition) is 0. The Bertz CT molecular complexity index is 299. The maximum Gasteiger partial charge on any atom is 0.218 e. The van der Waals surface area contributed by atoms with Gasteiger partial charge in [0.25, 0.3) is 0 Å². The normalized spacial score (nSPS) is 10.0. The van der Waals surface area contributed by atoms with Gasteiger partial charge in [0.2, 0.25) is 5.78 Å². The molecular formula is C10H8O2. The molecule has 2 nitrogen and oxygen atoms in total. The van der Waals surface area contributed by atoms with Crippen LogP contribution in [0, 0.1) is 0 Å². The van der Waals surface area contributed by atoms with Crippen LogP contribution < -0.4 is 0 Å². The summed E-state index contributed by atoms with van der Waals surface area (Å²) in [6.07, 6.45) is 3.15. The minimum atomic E-state index is -0.515. The summed E-state index contributed by atoms with van der Waals surface area (Å²) >= 11 is 0. The van der Waals surface area contributed by atoms with Gasteiger partial charge in [0, 0.05) is 0 Å². The first-order valence-electron chi connectivity index (χ1n) is 3.55. The zero-order valence-electron chi connectivity index (χ0n) is 6.44. The molecule has 2 heteroatoms. The maximum absolute atomic E-state index is 10.5. The number of hydrogen-bond acceptors (Lipinski definition) is 2. The topological polar surface area (TPSA) is 34.1 Å². The summed E-state index contributed by atoms with van der Waals surface area (Å²) in [7, 11) is 0. The minimum absolute atomic E-state index is 0.291. The monoisotopic (exact) mass is 160 g/mol. The third-order valence-electron chi connectivity index (χ3n) is 1.36. The molecule has 0 aliphatic rings. The zero-order valence-corrected chi connectivity index (χ0v) is 6.44. The second-order valence-electron chi connectivity index (χ2n) is 2.26. The van der Waals surface area contributed by atoms with E-state index >= 15 is 0 Å². The van der Waals surface area contributed by atoms with Crippen LogP contribution in [0.5, 0.6) is 0 Å². The highest BCUT2D eigenvalue weighted by molar-refractivity contribution is 6.31. The van der Waals surface area contributed by atoms with Crippen molar-refractivity contribution in [2.75, 3.05) is 0 Å². The fourth-order valence-corrected chi connectivity index (χ4v) is 0.782. The molecule has 0 N–H and O–H groups in total. The fourth-order valence-electron chi connectivity index (χ4n) is 0.782. The Kier molecular flexibility index (Phi) is 2.96. The standard InChI is InChI=1S/C10H8O2/c11-8-10(12)7-6-9-4-2-1-3-5-9/h1-8H. The number of rotatable bonds is 3. The Hall–Kier alpha value is -1.70. The first-order valence-corrected chi connectivity index (χ1v) is 3.55. The zero-order chi connectivity index (χ0) is 8.81. The molecule has 60 valence electrons. The van der Waals surface area contributed by atoms with Gasteiger partial charge in [0.1, 0.15) is 0 Å². The van der Waals surface area contributed by atoms with Crippen LogP contribution in [0.2, 0.25) is 0 Å². The Labute approximate surface area is 70.5 Å². The molecule has 0 bridgehead atoms. The molecule has 1 rings (SSSR count). The molecule has 0 saturated carbocycles. The van der Waals surface area contributed by atoms with E-state index in [4.69, 9.17) is 0 Å². The molecule has 0 fully saturated rings. The van der Waals surface area contributed by atoms with Gasteiger partial charge in [-0.2, -0.15) is 0 Å². The van der Waals surface area contributed by atoms with Crippen LogP contribution in [0.25, 0.3) is 6.08 Å². The molecule has 0 heterocycles. The van der Waals surface area contributed by atoms with E-state index in [1.807, 2.05) is 30.3 Å². The molecule has 0 atom stereocenters. The Morgan fingerprint density at radius 3 is 2.42 bits per heavy atom. The van der Waals surface area contributed by atoms with Crippen LogP contribution in [0.15, 0.2) is 36.4 Å². The number of benzene rings is 1. The SMILES string of the molecule is O=CC(=O)C=Cc1ccccc1. The van der Waals surface area contributed by atoms with E-state index in [0.29, 0.717) is 6.29 Å². The largest absolute Gasteiger partial charge is 0.294 e. The molecule has 1 aromatic carbocycles. The highest BCUT2D eigenvalue weighted by Gasteiger charge is 1.89. The van der Waals surface area contributed by atoms with E-state index in [-0.39, 0.29) is 0 Å². The average Bonchev–Trinajstić information content (AvgIpc) is 2.16. The van der Waals surface area contributed by atoms with Crippen molar-refractivity contribution in [2.24, 2.45) is 0 Å². The van der Waals surface area contributed by atoms with Crippen molar-refractivity contribution in [1.82, 2.24) is 0 Å². The van der Waals surface area contributed by atoms with Crippen LogP contribution in [-0.2, 0) is 9.59 Å². The number of carbonyl (C=O) groups excluding carboxylic acids is 2. The van der Waals surface area contributed by atoms with Crippen LogP contribution in [0.1, 0.15) is 5.56 Å². The third kappa shape index (κ3) is 2.50. The van der Waals surface area contributed by atoms with Gasteiger partial charge in [-0.3, -0.25) is 9.59 Å². The van der Waals surface area contributed by atoms with Crippen molar-refractivity contribution in [3.63, 3.8) is 0 Å². The summed E-state index contributed by atoms with van der Waals surface area (Å²) < 4.78 is 0. The summed E-state index contributed by atoms with van der Waals surface area (Å²) in [5.74, 6) is -0.515. The van der Waals surface area contributed by atoms with Crippen molar-refractivity contribution in [3.05, 3.63) is 42.0 Å². The van der Waals surface area contributed by atoms with E-state index in [2.05, 4.69) is 0 Å². The van der Waals surface area contributed by atoms with E-state index in [9.17, 15) is 9.59 Å². The predicted molar refractivity (Wildman–Crippen MR) is 46.5 cm³/mol. The molecule has 0 radical (unpaired) electrons. The first-order chi connectivity index (χ1) is 5.83. The summed E-state index contributed by atoms with van der Waals surface area (Å²) in [4.78, 5) is 20.5. The van der Waals surface area contributed by atoms with Crippen molar-refractivity contribution >= 4 is 18.1 Å². The van der Waals surface area contributed by atoms with E-state index in [0.717, 1.165) is 5.56 Å². The summed E-state index contributed by atoms with van der Waals surface area (Å²) in [5, 5.41) is 0. The third-order valence-corrected chi connectivity index (χ3v) is 1.36. The second kappa shape index (κ2) is 4.23. The van der Waals surface area contributed by atoms with Gasteiger partial charge in [0.15, 0.2) is 6.29 Å². The van der Waals surface area contributed by atoms with Crippen LogP contribution in [0.3, 0.4) is 0 Å². The molecule has 0 unspecified atom stereocenters. The highest BCUT2D eigenvalue weighted by Crippen LogP contribution is 2.00.